The standard InChI is InChI=1S/C5H6O3.C2H6/c1-3-7-5(6)8-4-2;1-2/h3-4H,1-2H2;1-2H3. The summed E-state index contributed by atoms with van der Waals surface area (Å²) in [6.45, 7) is 10.3. The van der Waals surface area contributed by atoms with Gasteiger partial charge in [-0.15, -0.1) is 0 Å². The van der Waals surface area contributed by atoms with E-state index in [-0.39, 0.29) is 0 Å². The first-order chi connectivity index (χ1) is 4.81. The lowest BCUT2D eigenvalue weighted by Gasteiger charge is -1.91. The van der Waals surface area contributed by atoms with E-state index in [0.29, 0.717) is 0 Å². The molecule has 0 unspecified atom stereocenters. The Hall–Kier alpha value is -1.25. The van der Waals surface area contributed by atoms with Gasteiger partial charge in [-0.2, -0.15) is 0 Å². The molecule has 0 radical (unpaired) electrons. The maximum Gasteiger partial charge on any atom is 0.518 e. The van der Waals surface area contributed by atoms with Crippen LogP contribution in [0, 0.1) is 0 Å². The van der Waals surface area contributed by atoms with Gasteiger partial charge in [-0.25, -0.2) is 4.79 Å². The number of ether oxygens (including phenoxy) is 2. The van der Waals surface area contributed by atoms with Crippen molar-refractivity contribution in [3.05, 3.63) is 25.7 Å². The minimum absolute atomic E-state index is 0.824. The van der Waals surface area contributed by atoms with Crippen LogP contribution in [0.25, 0.3) is 0 Å². The van der Waals surface area contributed by atoms with Gasteiger partial charge in [0.25, 0.3) is 0 Å². The molecule has 0 fully saturated rings. The number of hydrogen-bond acceptors (Lipinski definition) is 3. The topological polar surface area (TPSA) is 35.5 Å². The fourth-order valence-electron chi connectivity index (χ4n) is 0.164. The summed E-state index contributed by atoms with van der Waals surface area (Å²) in [5.41, 5.74) is 0. The van der Waals surface area contributed by atoms with Gasteiger partial charge in [0.1, 0.15) is 0 Å². The second kappa shape index (κ2) is 10.7. The predicted molar refractivity (Wildman–Crippen MR) is 39.3 cm³/mol. The van der Waals surface area contributed by atoms with Crippen molar-refractivity contribution >= 4 is 6.16 Å². The minimum Gasteiger partial charge on any atom is -0.403 e. The SMILES string of the molecule is C=COC(=O)OC=C.CC. The lowest BCUT2D eigenvalue weighted by atomic mass is 11.0. The van der Waals surface area contributed by atoms with Crippen LogP contribution in [0.4, 0.5) is 4.79 Å². The highest BCUT2D eigenvalue weighted by atomic mass is 16.7. The molecule has 58 valence electrons. The van der Waals surface area contributed by atoms with Gasteiger partial charge in [0, 0.05) is 0 Å². The third kappa shape index (κ3) is 9.89. The molecule has 0 aliphatic carbocycles. The van der Waals surface area contributed by atoms with Crippen LogP contribution in [0.5, 0.6) is 0 Å². The van der Waals surface area contributed by atoms with Crippen molar-refractivity contribution < 1.29 is 14.3 Å². The van der Waals surface area contributed by atoms with Crippen molar-refractivity contribution in [3.63, 3.8) is 0 Å². The molecule has 0 spiro atoms. The van der Waals surface area contributed by atoms with Crippen LogP contribution in [0.3, 0.4) is 0 Å². The van der Waals surface area contributed by atoms with Crippen LogP contribution >= 0.6 is 0 Å². The summed E-state index contributed by atoms with van der Waals surface area (Å²) in [7, 11) is 0. The summed E-state index contributed by atoms with van der Waals surface area (Å²) in [6.07, 6.45) is 1.13. The van der Waals surface area contributed by atoms with Gasteiger partial charge in [0.05, 0.1) is 12.5 Å². The summed E-state index contributed by atoms with van der Waals surface area (Å²) in [5.74, 6) is 0. The highest BCUT2D eigenvalue weighted by Crippen LogP contribution is 1.83. The largest absolute Gasteiger partial charge is 0.518 e. The Kier molecular flexibility index (Phi) is 12.3. The molecule has 0 amide bonds. The van der Waals surface area contributed by atoms with E-state index in [1.807, 2.05) is 13.8 Å². The third-order valence-electron chi connectivity index (χ3n) is 0.359. The first kappa shape index (κ1) is 11.5. The maximum absolute atomic E-state index is 10.1. The average Bonchev–Trinajstić information content (AvgIpc) is 1.93. The molecule has 0 heterocycles. The molecule has 0 bridgehead atoms. The number of hydrogen-bond donors (Lipinski definition) is 0. The third-order valence-corrected chi connectivity index (χ3v) is 0.359. The zero-order chi connectivity index (χ0) is 8.41. The Labute approximate surface area is 60.9 Å². The van der Waals surface area contributed by atoms with E-state index in [1.54, 1.807) is 0 Å². The Morgan fingerprint density at radius 2 is 1.50 bits per heavy atom. The van der Waals surface area contributed by atoms with Crippen LogP contribution < -0.4 is 0 Å². The number of rotatable bonds is 2. The highest BCUT2D eigenvalue weighted by Gasteiger charge is 1.93. The first-order valence-electron chi connectivity index (χ1n) is 2.90. The molecule has 10 heavy (non-hydrogen) atoms. The van der Waals surface area contributed by atoms with E-state index < -0.39 is 6.16 Å². The van der Waals surface area contributed by atoms with Gasteiger partial charge in [0.15, 0.2) is 0 Å². The summed E-state index contributed by atoms with van der Waals surface area (Å²) in [6, 6.07) is 0. The second-order valence-corrected chi connectivity index (χ2v) is 0.819. The van der Waals surface area contributed by atoms with Crippen LogP contribution in [0.15, 0.2) is 25.7 Å². The summed E-state index contributed by atoms with van der Waals surface area (Å²) in [5, 5.41) is 0. The van der Waals surface area contributed by atoms with E-state index >= 15 is 0 Å². The van der Waals surface area contributed by atoms with Crippen molar-refractivity contribution in [2.75, 3.05) is 0 Å². The quantitative estimate of drug-likeness (QED) is 0.441. The summed E-state index contributed by atoms with van der Waals surface area (Å²) >= 11 is 0. The van der Waals surface area contributed by atoms with E-state index in [9.17, 15) is 4.79 Å². The molecule has 0 saturated carbocycles. The summed E-state index contributed by atoms with van der Waals surface area (Å²) in [4.78, 5) is 10.1. The zero-order valence-corrected chi connectivity index (χ0v) is 6.29. The monoisotopic (exact) mass is 144 g/mol. The van der Waals surface area contributed by atoms with E-state index in [0.717, 1.165) is 12.5 Å². The molecule has 0 aliphatic heterocycles. The second-order valence-electron chi connectivity index (χ2n) is 0.819. The Balaban J connectivity index is 0. The molecule has 0 aliphatic rings. The van der Waals surface area contributed by atoms with Gasteiger partial charge in [-0.1, -0.05) is 27.0 Å². The van der Waals surface area contributed by atoms with E-state index in [2.05, 4.69) is 22.6 Å². The van der Waals surface area contributed by atoms with Gasteiger partial charge in [-0.3, -0.25) is 0 Å². The predicted octanol–water partition coefficient (Wildman–Crippen LogP) is 2.45. The molecule has 3 heteroatoms. The Morgan fingerprint density at radius 1 is 1.20 bits per heavy atom. The van der Waals surface area contributed by atoms with Crippen molar-refractivity contribution in [2.45, 2.75) is 13.8 Å². The van der Waals surface area contributed by atoms with Gasteiger partial charge >= 0.3 is 6.16 Å². The molecule has 0 aromatic heterocycles. The van der Waals surface area contributed by atoms with Gasteiger partial charge < -0.3 is 9.47 Å². The van der Waals surface area contributed by atoms with Crippen molar-refractivity contribution in [1.29, 1.82) is 0 Å². The van der Waals surface area contributed by atoms with Gasteiger partial charge in [0.2, 0.25) is 0 Å². The number of carbonyl (C=O) groups is 1. The normalized spacial score (nSPS) is 6.20. The van der Waals surface area contributed by atoms with E-state index in [1.165, 1.54) is 0 Å². The van der Waals surface area contributed by atoms with Crippen LogP contribution in [0.2, 0.25) is 0 Å². The minimum atomic E-state index is -0.824. The Bertz CT molecular complexity index is 95.4. The molecule has 0 saturated heterocycles. The average molecular weight is 144 g/mol. The molecule has 0 rings (SSSR count). The lowest BCUT2D eigenvalue weighted by Crippen LogP contribution is -1.96. The molecular weight excluding hydrogens is 132 g/mol. The Morgan fingerprint density at radius 3 is 1.70 bits per heavy atom. The molecule has 0 N–H and O–H groups in total. The zero-order valence-electron chi connectivity index (χ0n) is 6.29. The first-order valence-corrected chi connectivity index (χ1v) is 2.90. The molecule has 0 aromatic rings. The molecule has 0 aromatic carbocycles. The number of carbonyl (C=O) groups excluding carboxylic acids is 1. The molecule has 3 nitrogen and oxygen atoms in total. The van der Waals surface area contributed by atoms with Crippen molar-refractivity contribution in [2.24, 2.45) is 0 Å². The molecular formula is C7H12O3. The molecule has 0 atom stereocenters. The van der Waals surface area contributed by atoms with Crippen LogP contribution in [-0.4, -0.2) is 6.16 Å². The van der Waals surface area contributed by atoms with E-state index in [4.69, 9.17) is 0 Å². The smallest absolute Gasteiger partial charge is 0.403 e. The maximum atomic E-state index is 10.1. The fraction of sp³-hybridized carbons (Fsp3) is 0.286. The van der Waals surface area contributed by atoms with Crippen LogP contribution in [-0.2, 0) is 9.47 Å². The highest BCUT2D eigenvalue weighted by molar-refractivity contribution is 5.61. The van der Waals surface area contributed by atoms with Crippen LogP contribution in [0.1, 0.15) is 13.8 Å². The van der Waals surface area contributed by atoms with Crippen molar-refractivity contribution in [3.8, 4) is 0 Å². The van der Waals surface area contributed by atoms with Gasteiger partial charge in [-0.05, 0) is 0 Å². The fourth-order valence-corrected chi connectivity index (χ4v) is 0.164. The lowest BCUT2D eigenvalue weighted by molar-refractivity contribution is 0.120. The van der Waals surface area contributed by atoms with Crippen molar-refractivity contribution in [1.82, 2.24) is 0 Å². The summed E-state index contributed by atoms with van der Waals surface area (Å²) < 4.78 is 8.23.